The lowest BCUT2D eigenvalue weighted by atomic mass is 9.78. The Labute approximate surface area is 160 Å². The molecule has 4 atom stereocenters. The quantitative estimate of drug-likeness (QED) is 0.869. The molecule has 1 aromatic heterocycles. The van der Waals surface area contributed by atoms with Gasteiger partial charge < -0.3 is 19.7 Å². The number of H-pyrrole nitrogens is 1. The van der Waals surface area contributed by atoms with Crippen molar-refractivity contribution in [3.63, 3.8) is 0 Å². The summed E-state index contributed by atoms with van der Waals surface area (Å²) in [7, 11) is 0. The summed E-state index contributed by atoms with van der Waals surface area (Å²) in [5, 5.41) is 10.7. The van der Waals surface area contributed by atoms with Crippen molar-refractivity contribution in [2.24, 2.45) is 11.8 Å². The van der Waals surface area contributed by atoms with Crippen LogP contribution in [0, 0.1) is 11.8 Å². The molecule has 1 amide bonds. The van der Waals surface area contributed by atoms with Gasteiger partial charge in [-0.2, -0.15) is 0 Å². The van der Waals surface area contributed by atoms with Crippen molar-refractivity contribution < 1.29 is 14.6 Å². The van der Waals surface area contributed by atoms with Gasteiger partial charge in [-0.25, -0.2) is 0 Å². The molecule has 2 heterocycles. The average molecular weight is 368 g/mol. The van der Waals surface area contributed by atoms with Crippen LogP contribution in [0.5, 0.6) is 5.75 Å². The number of fused-ring (bicyclic) bond motifs is 1. The van der Waals surface area contributed by atoms with Gasteiger partial charge in [0.1, 0.15) is 11.9 Å². The molecule has 0 spiro atoms. The molecule has 1 aromatic carbocycles. The van der Waals surface area contributed by atoms with Gasteiger partial charge in [-0.05, 0) is 48.3 Å². The van der Waals surface area contributed by atoms with Gasteiger partial charge in [0.05, 0.1) is 11.7 Å². The number of aromatic amines is 1. The van der Waals surface area contributed by atoms with Crippen LogP contribution in [0.25, 0.3) is 0 Å². The van der Waals surface area contributed by atoms with E-state index in [-0.39, 0.29) is 12.0 Å². The highest BCUT2D eigenvalue weighted by Gasteiger charge is 2.44. The maximum absolute atomic E-state index is 12.6. The van der Waals surface area contributed by atoms with Crippen LogP contribution in [-0.2, 0) is 0 Å². The minimum atomic E-state index is -0.492. The number of nitrogens with zero attached hydrogens (tertiary/aromatic N) is 1. The van der Waals surface area contributed by atoms with Crippen LogP contribution < -0.4 is 4.74 Å². The van der Waals surface area contributed by atoms with E-state index >= 15 is 0 Å². The molecule has 1 saturated heterocycles. The van der Waals surface area contributed by atoms with Crippen LogP contribution in [0.3, 0.4) is 0 Å². The van der Waals surface area contributed by atoms with Crippen LogP contribution in [0.2, 0.25) is 0 Å². The summed E-state index contributed by atoms with van der Waals surface area (Å²) in [5.74, 6) is 2.04. The van der Waals surface area contributed by atoms with E-state index in [1.807, 2.05) is 29.2 Å². The molecule has 144 valence electrons. The van der Waals surface area contributed by atoms with E-state index in [0.717, 1.165) is 25.3 Å². The maximum atomic E-state index is 12.6. The third-order valence-electron chi connectivity index (χ3n) is 6.04. The number of ether oxygens (including phenoxy) is 1. The number of likely N-dealkylation sites (tertiary alicyclic amines) is 1. The van der Waals surface area contributed by atoms with Crippen LogP contribution in [-0.4, -0.2) is 46.2 Å². The maximum Gasteiger partial charge on any atom is 0.255 e. The second-order valence-electron chi connectivity index (χ2n) is 8.22. The first-order valence-electron chi connectivity index (χ1n) is 9.88. The van der Waals surface area contributed by atoms with Gasteiger partial charge in [0.15, 0.2) is 0 Å². The van der Waals surface area contributed by atoms with Gasteiger partial charge >= 0.3 is 0 Å². The van der Waals surface area contributed by atoms with E-state index in [2.05, 4.69) is 24.9 Å². The van der Waals surface area contributed by atoms with Crippen LogP contribution in [0.15, 0.2) is 42.7 Å². The largest absolute Gasteiger partial charge is 0.487 e. The lowest BCUT2D eigenvalue weighted by molar-refractivity contribution is -0.0236. The number of hydrogen-bond donors (Lipinski definition) is 2. The fourth-order valence-corrected chi connectivity index (χ4v) is 4.55. The minimum absolute atomic E-state index is 0.0720. The standard InChI is InChI=1S/C22H28N2O3/c1-14(2)18-5-3-4-6-20(18)27-21-10-17-13-24(12-16(17)9-19(21)25)22(26)15-7-8-23-11-15/h3-8,11,14,16-17,19,21,23,25H,9-10,12-13H2,1-2H3/t16-,17+,19+,21+/m0/s1. The summed E-state index contributed by atoms with van der Waals surface area (Å²) in [6.07, 6.45) is 4.29. The Kier molecular flexibility index (Phi) is 4.96. The molecule has 0 radical (unpaired) electrons. The average Bonchev–Trinajstić information content (AvgIpc) is 3.31. The summed E-state index contributed by atoms with van der Waals surface area (Å²) in [5.41, 5.74) is 1.87. The molecule has 5 nitrogen and oxygen atoms in total. The monoisotopic (exact) mass is 368 g/mol. The zero-order valence-electron chi connectivity index (χ0n) is 16.0. The highest BCUT2D eigenvalue weighted by atomic mass is 16.5. The smallest absolute Gasteiger partial charge is 0.255 e. The number of benzene rings is 1. The number of amides is 1. The van der Waals surface area contributed by atoms with Crippen LogP contribution >= 0.6 is 0 Å². The second-order valence-corrected chi connectivity index (χ2v) is 8.22. The Morgan fingerprint density at radius 1 is 1.19 bits per heavy atom. The summed E-state index contributed by atoms with van der Waals surface area (Å²) in [6, 6.07) is 9.90. The molecule has 1 aliphatic heterocycles. The van der Waals surface area contributed by atoms with Gasteiger partial charge in [-0.15, -0.1) is 0 Å². The highest BCUT2D eigenvalue weighted by Crippen LogP contribution is 2.39. The number of rotatable bonds is 4. The van der Waals surface area contributed by atoms with E-state index in [1.54, 1.807) is 12.4 Å². The molecular formula is C22H28N2O3. The second kappa shape index (κ2) is 7.39. The number of aliphatic hydroxyl groups is 1. The van der Waals surface area contributed by atoms with Gasteiger partial charge in [0.2, 0.25) is 0 Å². The van der Waals surface area contributed by atoms with Crippen LogP contribution in [0.4, 0.5) is 0 Å². The Morgan fingerprint density at radius 3 is 2.63 bits per heavy atom. The van der Waals surface area contributed by atoms with E-state index in [1.165, 1.54) is 5.56 Å². The van der Waals surface area contributed by atoms with E-state index < -0.39 is 6.10 Å². The lowest BCUT2D eigenvalue weighted by Gasteiger charge is -2.35. The Morgan fingerprint density at radius 2 is 1.93 bits per heavy atom. The Bertz CT molecular complexity index is 787. The predicted octanol–water partition coefficient (Wildman–Crippen LogP) is 3.43. The molecule has 2 fully saturated rings. The number of aromatic nitrogens is 1. The topological polar surface area (TPSA) is 65.6 Å². The van der Waals surface area contributed by atoms with E-state index in [9.17, 15) is 9.90 Å². The van der Waals surface area contributed by atoms with Gasteiger partial charge in [-0.1, -0.05) is 32.0 Å². The van der Waals surface area contributed by atoms with Crippen molar-refractivity contribution in [2.45, 2.75) is 44.8 Å². The fourth-order valence-electron chi connectivity index (χ4n) is 4.55. The Balaban J connectivity index is 1.45. The number of nitrogens with one attached hydrogen (secondary N) is 1. The Hall–Kier alpha value is -2.27. The summed E-state index contributed by atoms with van der Waals surface area (Å²) in [6.45, 7) is 5.77. The molecule has 2 aromatic rings. The molecule has 2 N–H and O–H groups in total. The first-order chi connectivity index (χ1) is 13.0. The predicted molar refractivity (Wildman–Crippen MR) is 104 cm³/mol. The van der Waals surface area contributed by atoms with Gasteiger partial charge in [0.25, 0.3) is 5.91 Å². The lowest BCUT2D eigenvalue weighted by Crippen LogP contribution is -2.42. The zero-order valence-corrected chi connectivity index (χ0v) is 16.0. The number of carbonyl (C=O) groups is 1. The van der Waals surface area contributed by atoms with Crippen molar-refractivity contribution in [1.82, 2.24) is 9.88 Å². The molecule has 4 rings (SSSR count). The van der Waals surface area contributed by atoms with E-state index in [0.29, 0.717) is 29.7 Å². The molecule has 1 aliphatic carbocycles. The summed E-state index contributed by atoms with van der Waals surface area (Å²) in [4.78, 5) is 17.5. The molecule has 27 heavy (non-hydrogen) atoms. The summed E-state index contributed by atoms with van der Waals surface area (Å²) >= 11 is 0. The van der Waals surface area contributed by atoms with Gasteiger partial charge in [0, 0.05) is 25.5 Å². The minimum Gasteiger partial charge on any atom is -0.487 e. The molecule has 0 unspecified atom stereocenters. The number of aliphatic hydroxyl groups excluding tert-OH is 1. The van der Waals surface area contributed by atoms with Crippen molar-refractivity contribution in [1.29, 1.82) is 0 Å². The molecule has 5 heteroatoms. The zero-order chi connectivity index (χ0) is 19.0. The van der Waals surface area contributed by atoms with Crippen molar-refractivity contribution >= 4 is 5.91 Å². The number of para-hydroxylation sites is 1. The van der Waals surface area contributed by atoms with Crippen molar-refractivity contribution in [3.05, 3.63) is 53.9 Å². The third kappa shape index (κ3) is 3.61. The normalized spacial score (nSPS) is 27.6. The van der Waals surface area contributed by atoms with Crippen molar-refractivity contribution in [2.75, 3.05) is 13.1 Å². The van der Waals surface area contributed by atoms with Crippen molar-refractivity contribution in [3.8, 4) is 5.75 Å². The highest BCUT2D eigenvalue weighted by molar-refractivity contribution is 5.94. The molecule has 1 saturated carbocycles. The van der Waals surface area contributed by atoms with Gasteiger partial charge in [-0.3, -0.25) is 4.79 Å². The number of hydrogen-bond acceptors (Lipinski definition) is 3. The molecule has 2 aliphatic rings. The molecule has 0 bridgehead atoms. The fraction of sp³-hybridized carbons (Fsp3) is 0.500. The SMILES string of the molecule is CC(C)c1ccccc1O[C@@H]1C[C@@H]2CN(C(=O)c3cc[nH]c3)C[C@@H]2C[C@H]1O. The van der Waals surface area contributed by atoms with E-state index in [4.69, 9.17) is 4.74 Å². The third-order valence-corrected chi connectivity index (χ3v) is 6.04. The van der Waals surface area contributed by atoms with Crippen LogP contribution in [0.1, 0.15) is 48.5 Å². The molecular weight excluding hydrogens is 340 g/mol. The first kappa shape index (κ1) is 18.1. The number of carbonyl (C=O) groups excluding carboxylic acids is 1. The first-order valence-corrected chi connectivity index (χ1v) is 9.88. The summed E-state index contributed by atoms with van der Waals surface area (Å²) < 4.78 is 6.28.